The molecule has 0 amide bonds. The van der Waals surface area contributed by atoms with Crippen LogP contribution in [0.2, 0.25) is 5.02 Å². The lowest BCUT2D eigenvalue weighted by Gasteiger charge is -2.32. The van der Waals surface area contributed by atoms with Gasteiger partial charge in [0.05, 0.1) is 16.8 Å². The maximum absolute atomic E-state index is 6.38. The van der Waals surface area contributed by atoms with Gasteiger partial charge in [0.15, 0.2) is 0 Å². The molecule has 0 aliphatic carbocycles. The number of nitrogens with zero attached hydrogens (tertiary/aromatic N) is 1. The van der Waals surface area contributed by atoms with Gasteiger partial charge in [-0.3, -0.25) is 4.98 Å². The first-order chi connectivity index (χ1) is 9.32. The van der Waals surface area contributed by atoms with Crippen LogP contribution in [0, 0.1) is 0 Å². The van der Waals surface area contributed by atoms with Gasteiger partial charge in [-0.1, -0.05) is 11.6 Å². The summed E-state index contributed by atoms with van der Waals surface area (Å²) in [6, 6.07) is 1.84. The van der Waals surface area contributed by atoms with Crippen LogP contribution in [0.4, 0.5) is 0 Å². The van der Waals surface area contributed by atoms with Crippen LogP contribution in [0.15, 0.2) is 12.3 Å². The molecule has 0 bridgehead atoms. The molecule has 1 N–H and O–H groups in total. The van der Waals surface area contributed by atoms with Gasteiger partial charge in [-0.05, 0) is 39.3 Å². The molecule has 3 heterocycles. The lowest BCUT2D eigenvalue weighted by atomic mass is 9.76. The van der Waals surface area contributed by atoms with E-state index in [4.69, 9.17) is 20.9 Å². The van der Waals surface area contributed by atoms with Crippen molar-refractivity contribution in [3.8, 4) is 0 Å². The second-order valence-electron chi connectivity index (χ2n) is 6.54. The highest BCUT2D eigenvalue weighted by atomic mass is 35.5. The molecule has 0 atom stereocenters. The predicted octanol–water partition coefficient (Wildman–Crippen LogP) is 1.72. The first-order valence-corrected chi connectivity index (χ1v) is 7.40. The van der Waals surface area contributed by atoms with Crippen LogP contribution in [0.3, 0.4) is 0 Å². The molecule has 6 heteroatoms. The summed E-state index contributed by atoms with van der Waals surface area (Å²) in [6.45, 7) is 10.0. The van der Waals surface area contributed by atoms with Crippen molar-refractivity contribution in [1.29, 1.82) is 0 Å². The number of pyridine rings is 1. The fourth-order valence-electron chi connectivity index (χ4n) is 2.50. The first kappa shape index (κ1) is 14.3. The molecule has 108 valence electrons. The molecule has 4 nitrogen and oxygen atoms in total. The Labute approximate surface area is 125 Å². The number of nitrogens with one attached hydrogen (secondary N) is 1. The van der Waals surface area contributed by atoms with E-state index in [1.165, 1.54) is 0 Å². The zero-order valence-corrected chi connectivity index (χ0v) is 13.1. The maximum atomic E-state index is 6.38. The lowest BCUT2D eigenvalue weighted by molar-refractivity contribution is 0.00578. The van der Waals surface area contributed by atoms with Crippen molar-refractivity contribution < 1.29 is 9.31 Å². The summed E-state index contributed by atoms with van der Waals surface area (Å²) in [5, 5.41) is 4.02. The summed E-state index contributed by atoms with van der Waals surface area (Å²) in [5.74, 6) is 0.394. The predicted molar refractivity (Wildman–Crippen MR) is 80.6 cm³/mol. The average molecular weight is 295 g/mol. The maximum Gasteiger partial charge on any atom is 0.514 e. The molecule has 1 aromatic heterocycles. The highest BCUT2D eigenvalue weighted by Crippen LogP contribution is 2.37. The zero-order chi connectivity index (χ0) is 14.5. The van der Waals surface area contributed by atoms with Gasteiger partial charge in [0, 0.05) is 30.2 Å². The molecule has 2 saturated heterocycles. The summed E-state index contributed by atoms with van der Waals surface area (Å²) < 4.78 is 12.2. The number of aromatic nitrogens is 1. The van der Waals surface area contributed by atoms with Crippen molar-refractivity contribution in [2.75, 3.05) is 13.1 Å². The van der Waals surface area contributed by atoms with Gasteiger partial charge in [-0.25, -0.2) is 0 Å². The van der Waals surface area contributed by atoms with E-state index in [-0.39, 0.29) is 11.2 Å². The Morgan fingerprint density at radius 3 is 2.35 bits per heavy atom. The van der Waals surface area contributed by atoms with Crippen LogP contribution < -0.4 is 10.9 Å². The third kappa shape index (κ3) is 2.17. The van der Waals surface area contributed by atoms with Crippen LogP contribution in [0.25, 0.3) is 0 Å². The third-order valence-corrected chi connectivity index (χ3v) is 4.96. The van der Waals surface area contributed by atoms with Crippen molar-refractivity contribution in [3.63, 3.8) is 0 Å². The van der Waals surface area contributed by atoms with E-state index in [1.807, 2.05) is 33.8 Å². The van der Waals surface area contributed by atoms with Gasteiger partial charge >= 0.3 is 7.12 Å². The van der Waals surface area contributed by atoms with E-state index in [0.29, 0.717) is 5.92 Å². The van der Waals surface area contributed by atoms with Gasteiger partial charge in [-0.2, -0.15) is 0 Å². The minimum atomic E-state index is -0.450. The smallest absolute Gasteiger partial charge is 0.398 e. The standard InChI is InChI=1S/C14H20BClN2O2/c1-13(2)14(3,4)20-15(19-13)12-11(9-7-17-8-9)10(16)5-6-18-12/h5-6,9,17H,7-8H2,1-4H3. The second-order valence-corrected chi connectivity index (χ2v) is 6.94. The van der Waals surface area contributed by atoms with Gasteiger partial charge in [0.25, 0.3) is 0 Å². The molecule has 0 aromatic carbocycles. The van der Waals surface area contributed by atoms with Gasteiger partial charge in [0.1, 0.15) is 0 Å². The summed E-state index contributed by atoms with van der Waals surface area (Å²) in [7, 11) is -0.450. The molecule has 2 fully saturated rings. The quantitative estimate of drug-likeness (QED) is 0.844. The van der Waals surface area contributed by atoms with Crippen LogP contribution in [-0.2, 0) is 9.31 Å². The number of hydrogen-bond acceptors (Lipinski definition) is 4. The Balaban J connectivity index is 1.97. The topological polar surface area (TPSA) is 43.4 Å². The average Bonchev–Trinajstić information content (AvgIpc) is 2.48. The molecule has 0 radical (unpaired) electrons. The largest absolute Gasteiger partial charge is 0.514 e. The van der Waals surface area contributed by atoms with E-state index >= 15 is 0 Å². The number of hydrogen-bond donors (Lipinski definition) is 1. The fraction of sp³-hybridized carbons (Fsp3) is 0.643. The molecule has 2 aliphatic heterocycles. The molecular formula is C14H20BClN2O2. The molecule has 20 heavy (non-hydrogen) atoms. The van der Waals surface area contributed by atoms with E-state index in [9.17, 15) is 0 Å². The SMILES string of the molecule is CC1(C)OB(c2nccc(Cl)c2C2CNC2)OC1(C)C. The van der Waals surface area contributed by atoms with Crippen molar-refractivity contribution in [2.24, 2.45) is 0 Å². The summed E-state index contributed by atoms with van der Waals surface area (Å²) in [4.78, 5) is 4.49. The van der Waals surface area contributed by atoms with Crippen LogP contribution in [0.1, 0.15) is 39.2 Å². The fourth-order valence-corrected chi connectivity index (χ4v) is 2.81. The number of rotatable bonds is 2. The van der Waals surface area contributed by atoms with Crippen molar-refractivity contribution in [2.45, 2.75) is 44.8 Å². The number of halogens is 1. The summed E-state index contributed by atoms with van der Waals surface area (Å²) >= 11 is 6.38. The van der Waals surface area contributed by atoms with Crippen LogP contribution in [-0.4, -0.2) is 36.4 Å². The Kier molecular flexibility index (Phi) is 3.37. The molecule has 3 rings (SSSR count). The molecule has 0 spiro atoms. The molecule has 0 unspecified atom stereocenters. The van der Waals surface area contributed by atoms with Gasteiger partial charge in [-0.15, -0.1) is 0 Å². The molecule has 0 saturated carbocycles. The second kappa shape index (κ2) is 4.70. The van der Waals surface area contributed by atoms with Crippen molar-refractivity contribution >= 4 is 24.3 Å². The highest BCUT2D eigenvalue weighted by Gasteiger charge is 2.53. The van der Waals surface area contributed by atoms with Gasteiger partial charge < -0.3 is 14.6 Å². The van der Waals surface area contributed by atoms with E-state index in [2.05, 4.69) is 10.3 Å². The Bertz CT molecular complexity index is 516. The Hall–Kier alpha value is -0.615. The van der Waals surface area contributed by atoms with Crippen molar-refractivity contribution in [1.82, 2.24) is 10.3 Å². The molecular weight excluding hydrogens is 274 g/mol. The normalized spacial score (nSPS) is 24.8. The monoisotopic (exact) mass is 294 g/mol. The first-order valence-electron chi connectivity index (χ1n) is 7.02. The van der Waals surface area contributed by atoms with Crippen molar-refractivity contribution in [3.05, 3.63) is 22.8 Å². The lowest BCUT2D eigenvalue weighted by Crippen LogP contribution is -2.47. The van der Waals surface area contributed by atoms with E-state index < -0.39 is 7.12 Å². The third-order valence-electron chi connectivity index (χ3n) is 4.63. The molecule has 2 aliphatic rings. The van der Waals surface area contributed by atoms with Crippen LogP contribution >= 0.6 is 11.6 Å². The summed E-state index contributed by atoms with van der Waals surface area (Å²) in [5.41, 5.74) is 1.15. The Morgan fingerprint density at radius 1 is 1.25 bits per heavy atom. The summed E-state index contributed by atoms with van der Waals surface area (Å²) in [6.07, 6.45) is 1.72. The van der Waals surface area contributed by atoms with Gasteiger partial charge in [0.2, 0.25) is 0 Å². The minimum absolute atomic E-state index is 0.364. The zero-order valence-electron chi connectivity index (χ0n) is 12.4. The van der Waals surface area contributed by atoms with E-state index in [1.54, 1.807) is 6.20 Å². The molecule has 1 aromatic rings. The Morgan fingerprint density at radius 2 is 1.85 bits per heavy atom. The van der Waals surface area contributed by atoms with E-state index in [0.717, 1.165) is 29.3 Å². The van der Waals surface area contributed by atoms with Crippen LogP contribution in [0.5, 0.6) is 0 Å². The highest BCUT2D eigenvalue weighted by molar-refractivity contribution is 6.62. The minimum Gasteiger partial charge on any atom is -0.398 e.